The van der Waals surface area contributed by atoms with Gasteiger partial charge in [-0.1, -0.05) is 42.5 Å². The molecule has 0 bridgehead atoms. The van der Waals surface area contributed by atoms with Gasteiger partial charge in [0.05, 0.1) is 12.2 Å². The Balaban J connectivity index is 1.22. The van der Waals surface area contributed by atoms with Crippen LogP contribution >= 0.6 is 0 Å². The fourth-order valence-corrected chi connectivity index (χ4v) is 4.26. The number of nitrogens with zero attached hydrogens (tertiary/aromatic N) is 3. The zero-order chi connectivity index (χ0) is 24.1. The van der Waals surface area contributed by atoms with Crippen molar-refractivity contribution in [2.24, 2.45) is 5.73 Å². The number of aromatic nitrogens is 4. The van der Waals surface area contributed by atoms with E-state index in [1.54, 1.807) is 18.2 Å². The van der Waals surface area contributed by atoms with Crippen LogP contribution in [0.1, 0.15) is 52.1 Å². The van der Waals surface area contributed by atoms with E-state index in [2.05, 4.69) is 44.9 Å². The Morgan fingerprint density at radius 3 is 2.63 bits per heavy atom. The molecule has 8 heteroatoms. The Morgan fingerprint density at radius 2 is 1.86 bits per heavy atom. The maximum Gasteiger partial charge on any atom is 0.232 e. The number of tetrazole rings is 1. The molecule has 2 heterocycles. The van der Waals surface area contributed by atoms with E-state index in [9.17, 15) is 4.79 Å². The summed E-state index contributed by atoms with van der Waals surface area (Å²) in [6, 6.07) is 23.2. The van der Waals surface area contributed by atoms with Crippen molar-refractivity contribution in [3.63, 3.8) is 0 Å². The lowest BCUT2D eigenvalue weighted by atomic mass is 9.93. The second-order valence-corrected chi connectivity index (χ2v) is 8.67. The first-order chi connectivity index (χ1) is 17.1. The summed E-state index contributed by atoms with van der Waals surface area (Å²) in [7, 11) is 0. The molecule has 3 aromatic carbocycles. The maximum atomic E-state index is 13.3. The van der Waals surface area contributed by atoms with Crippen LogP contribution in [-0.2, 0) is 18.6 Å². The van der Waals surface area contributed by atoms with Crippen LogP contribution in [0, 0.1) is 0 Å². The number of fused-ring (bicyclic) bond motifs is 1. The van der Waals surface area contributed by atoms with E-state index in [4.69, 9.17) is 15.2 Å². The number of ketones is 1. The van der Waals surface area contributed by atoms with Crippen LogP contribution < -0.4 is 15.2 Å². The first-order valence-corrected chi connectivity index (χ1v) is 11.8. The van der Waals surface area contributed by atoms with Crippen molar-refractivity contribution in [3.05, 3.63) is 101 Å². The van der Waals surface area contributed by atoms with E-state index < -0.39 is 5.72 Å². The second kappa shape index (κ2) is 10.1. The van der Waals surface area contributed by atoms with Crippen molar-refractivity contribution >= 4 is 5.78 Å². The number of aromatic amines is 1. The van der Waals surface area contributed by atoms with Crippen molar-refractivity contribution in [1.82, 2.24) is 20.6 Å². The molecule has 1 unspecified atom stereocenters. The van der Waals surface area contributed by atoms with Gasteiger partial charge in [0.1, 0.15) is 11.5 Å². The van der Waals surface area contributed by atoms with Gasteiger partial charge in [0.2, 0.25) is 11.5 Å². The molecule has 0 radical (unpaired) electrons. The van der Waals surface area contributed by atoms with Crippen LogP contribution in [0.2, 0.25) is 0 Å². The number of para-hydroxylation sites is 1. The SMILES string of the molecule is NC1(c2nn[nH]n2)CCc2cccc(C(=O)c3ccc(OCCCCc4ccccc4)cc3)c2O1. The first-order valence-electron chi connectivity index (χ1n) is 11.8. The molecule has 0 saturated heterocycles. The van der Waals surface area contributed by atoms with Crippen molar-refractivity contribution in [1.29, 1.82) is 0 Å². The van der Waals surface area contributed by atoms with Crippen molar-refractivity contribution < 1.29 is 14.3 Å². The number of unbranched alkanes of at least 4 members (excludes halogenated alkanes) is 1. The number of hydrogen-bond donors (Lipinski definition) is 2. The number of nitrogens with two attached hydrogens (primary N) is 1. The summed E-state index contributed by atoms with van der Waals surface area (Å²) in [6.07, 6.45) is 4.18. The molecule has 1 aliphatic heterocycles. The molecular formula is C27H27N5O3. The Morgan fingerprint density at radius 1 is 1.03 bits per heavy atom. The number of benzene rings is 3. The zero-order valence-electron chi connectivity index (χ0n) is 19.3. The molecule has 35 heavy (non-hydrogen) atoms. The highest BCUT2D eigenvalue weighted by Gasteiger charge is 2.39. The zero-order valence-corrected chi connectivity index (χ0v) is 19.3. The highest BCUT2D eigenvalue weighted by atomic mass is 16.5. The van der Waals surface area contributed by atoms with Gasteiger partial charge >= 0.3 is 0 Å². The molecule has 1 atom stereocenters. The molecule has 0 saturated carbocycles. The highest BCUT2D eigenvalue weighted by Crippen LogP contribution is 2.38. The molecule has 8 nitrogen and oxygen atoms in total. The molecule has 0 fully saturated rings. The Hall–Kier alpha value is -4.04. The minimum absolute atomic E-state index is 0.145. The summed E-state index contributed by atoms with van der Waals surface area (Å²) >= 11 is 0. The molecular weight excluding hydrogens is 442 g/mol. The molecule has 5 rings (SSSR count). The van der Waals surface area contributed by atoms with Crippen LogP contribution in [0.4, 0.5) is 0 Å². The number of aryl methyl sites for hydroxylation is 2. The number of ether oxygens (including phenoxy) is 2. The molecule has 0 amide bonds. The van der Waals surface area contributed by atoms with E-state index in [0.29, 0.717) is 36.3 Å². The van der Waals surface area contributed by atoms with Crippen LogP contribution in [0.3, 0.4) is 0 Å². The van der Waals surface area contributed by atoms with Gasteiger partial charge in [0, 0.05) is 12.0 Å². The number of H-pyrrole nitrogens is 1. The molecule has 3 N–H and O–H groups in total. The minimum Gasteiger partial charge on any atom is -0.494 e. The lowest BCUT2D eigenvalue weighted by molar-refractivity contribution is 0.0393. The summed E-state index contributed by atoms with van der Waals surface area (Å²) in [4.78, 5) is 13.3. The summed E-state index contributed by atoms with van der Waals surface area (Å²) in [5, 5.41) is 14.0. The van der Waals surface area contributed by atoms with Gasteiger partial charge in [-0.3, -0.25) is 10.5 Å². The van der Waals surface area contributed by atoms with Gasteiger partial charge in [-0.15, -0.1) is 10.2 Å². The summed E-state index contributed by atoms with van der Waals surface area (Å²) in [5.74, 6) is 1.32. The average molecular weight is 470 g/mol. The monoisotopic (exact) mass is 469 g/mol. The van der Waals surface area contributed by atoms with Crippen molar-refractivity contribution in [2.45, 2.75) is 37.8 Å². The Bertz CT molecular complexity index is 1280. The predicted octanol–water partition coefficient (Wildman–Crippen LogP) is 3.97. The van der Waals surface area contributed by atoms with Crippen molar-refractivity contribution in [3.8, 4) is 11.5 Å². The normalized spacial score (nSPS) is 16.8. The molecule has 1 aliphatic rings. The maximum absolute atomic E-state index is 13.3. The van der Waals surface area contributed by atoms with E-state index in [0.717, 1.165) is 30.6 Å². The van der Waals surface area contributed by atoms with Crippen LogP contribution in [0.25, 0.3) is 0 Å². The van der Waals surface area contributed by atoms with Gasteiger partial charge in [-0.25, -0.2) is 0 Å². The fraction of sp³-hybridized carbons (Fsp3) is 0.259. The van der Waals surface area contributed by atoms with Gasteiger partial charge in [-0.2, -0.15) is 5.21 Å². The third kappa shape index (κ3) is 5.07. The van der Waals surface area contributed by atoms with E-state index in [-0.39, 0.29) is 11.6 Å². The topological polar surface area (TPSA) is 116 Å². The van der Waals surface area contributed by atoms with Crippen molar-refractivity contribution in [2.75, 3.05) is 6.61 Å². The smallest absolute Gasteiger partial charge is 0.232 e. The fourth-order valence-electron chi connectivity index (χ4n) is 4.26. The summed E-state index contributed by atoms with van der Waals surface area (Å²) < 4.78 is 12.0. The van der Waals surface area contributed by atoms with Crippen LogP contribution in [-0.4, -0.2) is 33.0 Å². The highest BCUT2D eigenvalue weighted by molar-refractivity contribution is 6.11. The molecule has 0 spiro atoms. The standard InChI is InChI=1S/C27H27N5O3/c28-27(26-29-31-32-30-26)17-16-21-10-6-11-23(25(21)35-27)24(33)20-12-14-22(15-13-20)34-18-5-4-9-19-7-2-1-3-8-19/h1-3,6-8,10-15H,4-5,9,16-18,28H2,(H,29,30,31,32). The Labute approximate surface area is 203 Å². The van der Waals surface area contributed by atoms with E-state index in [1.807, 2.05) is 30.3 Å². The third-order valence-electron chi connectivity index (χ3n) is 6.20. The molecule has 178 valence electrons. The lowest BCUT2D eigenvalue weighted by Crippen LogP contribution is -2.46. The van der Waals surface area contributed by atoms with E-state index >= 15 is 0 Å². The molecule has 1 aromatic heterocycles. The number of rotatable bonds is 9. The first kappa shape index (κ1) is 22.7. The van der Waals surface area contributed by atoms with Gasteiger partial charge in [-0.05, 0) is 72.4 Å². The quantitative estimate of drug-likeness (QED) is 0.281. The van der Waals surface area contributed by atoms with Gasteiger partial charge < -0.3 is 9.47 Å². The second-order valence-electron chi connectivity index (χ2n) is 8.67. The van der Waals surface area contributed by atoms with Crippen LogP contribution in [0.15, 0.2) is 72.8 Å². The number of carbonyl (C=O) groups excluding carboxylic acids is 1. The minimum atomic E-state index is -1.24. The number of nitrogens with one attached hydrogen (secondary N) is 1. The predicted molar refractivity (Wildman–Crippen MR) is 130 cm³/mol. The number of hydrogen-bond acceptors (Lipinski definition) is 7. The summed E-state index contributed by atoms with van der Waals surface area (Å²) in [5.41, 5.74) is 8.46. The third-order valence-corrected chi connectivity index (χ3v) is 6.20. The molecule has 0 aliphatic carbocycles. The average Bonchev–Trinajstić information content (AvgIpc) is 3.45. The number of carbonyl (C=O) groups is 1. The molecule has 4 aromatic rings. The van der Waals surface area contributed by atoms with Crippen LogP contribution in [0.5, 0.6) is 11.5 Å². The lowest BCUT2D eigenvalue weighted by Gasteiger charge is -2.33. The van der Waals surface area contributed by atoms with Gasteiger partial charge in [0.25, 0.3) is 0 Å². The van der Waals surface area contributed by atoms with E-state index in [1.165, 1.54) is 5.56 Å². The van der Waals surface area contributed by atoms with Gasteiger partial charge in [0.15, 0.2) is 5.78 Å². The summed E-state index contributed by atoms with van der Waals surface area (Å²) in [6.45, 7) is 0.634. The Kier molecular flexibility index (Phi) is 6.54. The largest absolute Gasteiger partial charge is 0.494 e.